The topological polar surface area (TPSA) is 61.4 Å². The predicted octanol–water partition coefficient (Wildman–Crippen LogP) is 5.30. The fourth-order valence-corrected chi connectivity index (χ4v) is 3.97. The minimum atomic E-state index is -0.515. The molecule has 3 aromatic carbocycles. The van der Waals surface area contributed by atoms with Crippen LogP contribution in [0.5, 0.6) is 0 Å². The van der Waals surface area contributed by atoms with Crippen molar-refractivity contribution in [1.82, 2.24) is 5.48 Å². The molecule has 0 saturated heterocycles. The zero-order valence-corrected chi connectivity index (χ0v) is 15.3. The van der Waals surface area contributed by atoms with E-state index in [0.29, 0.717) is 12.1 Å². The van der Waals surface area contributed by atoms with Crippen LogP contribution in [-0.4, -0.2) is 11.1 Å². The van der Waals surface area contributed by atoms with Crippen molar-refractivity contribution < 1.29 is 10.0 Å². The van der Waals surface area contributed by atoms with Crippen molar-refractivity contribution in [2.45, 2.75) is 6.54 Å². The van der Waals surface area contributed by atoms with E-state index in [4.69, 9.17) is 5.21 Å². The Balaban J connectivity index is 1.54. The minimum Gasteiger partial charge on any atom is -0.381 e. The molecular weight excluding hydrogens is 356 g/mol. The van der Waals surface area contributed by atoms with Crippen LogP contribution in [0.2, 0.25) is 0 Å². The summed E-state index contributed by atoms with van der Waals surface area (Å²) in [5, 5.41) is 15.5. The maximum absolute atomic E-state index is 11.4. The molecule has 27 heavy (non-hydrogen) atoms. The molecule has 0 aliphatic rings. The quantitative estimate of drug-likeness (QED) is 0.328. The highest BCUT2D eigenvalue weighted by Gasteiger charge is 2.07. The summed E-state index contributed by atoms with van der Waals surface area (Å²) in [5.74, 6) is -0.515. The van der Waals surface area contributed by atoms with Gasteiger partial charge in [0.1, 0.15) is 0 Å². The second kappa shape index (κ2) is 7.61. The third-order valence-corrected chi connectivity index (χ3v) is 5.50. The molecule has 4 aromatic rings. The number of nitrogens with one attached hydrogen (secondary N) is 2. The fraction of sp³-hybridized carbons (Fsp3) is 0.0455. The molecule has 0 atom stereocenters. The Labute approximate surface area is 161 Å². The first-order valence-corrected chi connectivity index (χ1v) is 9.46. The smallest absolute Gasteiger partial charge is 0.274 e. The first kappa shape index (κ1) is 17.3. The third-order valence-electron chi connectivity index (χ3n) is 4.49. The number of hydrogen-bond donors (Lipinski definition) is 3. The molecular formula is C22H18N2O2S. The first-order chi connectivity index (χ1) is 13.2. The van der Waals surface area contributed by atoms with E-state index in [9.17, 15) is 4.79 Å². The molecule has 0 fully saturated rings. The van der Waals surface area contributed by atoms with Crippen LogP contribution in [0, 0.1) is 0 Å². The molecule has 0 bridgehead atoms. The molecule has 0 saturated carbocycles. The van der Waals surface area contributed by atoms with Crippen LogP contribution in [0.1, 0.15) is 15.9 Å². The molecule has 1 amide bonds. The van der Waals surface area contributed by atoms with Gasteiger partial charge in [0.25, 0.3) is 5.91 Å². The average molecular weight is 374 g/mol. The van der Waals surface area contributed by atoms with E-state index in [1.807, 2.05) is 18.2 Å². The van der Waals surface area contributed by atoms with Gasteiger partial charge in [-0.2, -0.15) is 0 Å². The summed E-state index contributed by atoms with van der Waals surface area (Å²) in [6.45, 7) is 0.698. The molecule has 1 aromatic heterocycles. The highest BCUT2D eigenvalue weighted by molar-refractivity contribution is 7.17. The fourth-order valence-electron chi connectivity index (χ4n) is 3.03. The van der Waals surface area contributed by atoms with Gasteiger partial charge >= 0.3 is 0 Å². The van der Waals surface area contributed by atoms with E-state index >= 15 is 0 Å². The van der Waals surface area contributed by atoms with Crippen LogP contribution < -0.4 is 10.8 Å². The third kappa shape index (κ3) is 3.69. The van der Waals surface area contributed by atoms with E-state index in [2.05, 4.69) is 53.2 Å². The van der Waals surface area contributed by atoms with Gasteiger partial charge in [-0.25, -0.2) is 5.48 Å². The van der Waals surface area contributed by atoms with Crippen LogP contribution in [0.15, 0.2) is 78.2 Å². The van der Waals surface area contributed by atoms with Crippen molar-refractivity contribution in [3.63, 3.8) is 0 Å². The van der Waals surface area contributed by atoms with Crippen LogP contribution in [0.4, 0.5) is 5.69 Å². The molecule has 1 heterocycles. The number of anilines is 1. The van der Waals surface area contributed by atoms with Gasteiger partial charge in [0, 0.05) is 22.5 Å². The van der Waals surface area contributed by atoms with Crippen molar-refractivity contribution in [3.8, 4) is 11.1 Å². The second-order valence-electron chi connectivity index (χ2n) is 6.21. The highest BCUT2D eigenvalue weighted by Crippen LogP contribution is 2.31. The lowest BCUT2D eigenvalue weighted by atomic mass is 10.0. The summed E-state index contributed by atoms with van der Waals surface area (Å²) >= 11 is 1.74. The van der Waals surface area contributed by atoms with E-state index in [1.54, 1.807) is 28.9 Å². The number of hydroxylamine groups is 1. The zero-order chi connectivity index (χ0) is 18.6. The molecule has 3 N–H and O–H groups in total. The summed E-state index contributed by atoms with van der Waals surface area (Å²) < 4.78 is 1.27. The number of hydrogen-bond acceptors (Lipinski definition) is 4. The van der Waals surface area contributed by atoms with Crippen LogP contribution in [0.3, 0.4) is 0 Å². The standard InChI is InChI=1S/C22H18N2O2S/c25-22(24-26)16-6-9-19(10-7-16)23-13-18-14-27-21-11-8-17(12-20(18)21)15-4-2-1-3-5-15/h1-12,14,23,26H,13H2,(H,24,25). The Morgan fingerprint density at radius 1 is 0.926 bits per heavy atom. The lowest BCUT2D eigenvalue weighted by molar-refractivity contribution is 0.0706. The molecule has 0 spiro atoms. The number of fused-ring (bicyclic) bond motifs is 1. The minimum absolute atomic E-state index is 0.413. The lowest BCUT2D eigenvalue weighted by Crippen LogP contribution is -2.18. The molecule has 4 rings (SSSR count). The van der Waals surface area contributed by atoms with E-state index in [1.165, 1.54) is 26.8 Å². The van der Waals surface area contributed by atoms with Gasteiger partial charge in [0.2, 0.25) is 0 Å². The molecule has 0 aliphatic heterocycles. The molecule has 0 radical (unpaired) electrons. The normalized spacial score (nSPS) is 10.7. The van der Waals surface area contributed by atoms with E-state index in [0.717, 1.165) is 5.69 Å². The van der Waals surface area contributed by atoms with Crippen molar-refractivity contribution in [2.24, 2.45) is 0 Å². The van der Waals surface area contributed by atoms with Gasteiger partial charge in [-0.05, 0) is 63.9 Å². The number of thiophene rings is 1. The number of benzene rings is 3. The van der Waals surface area contributed by atoms with Gasteiger partial charge < -0.3 is 5.32 Å². The molecule has 0 unspecified atom stereocenters. The number of carbonyl (C=O) groups is 1. The Bertz CT molecular complexity index is 1070. The summed E-state index contributed by atoms with van der Waals surface area (Å²) in [6.07, 6.45) is 0. The molecule has 0 aliphatic carbocycles. The maximum atomic E-state index is 11.4. The van der Waals surface area contributed by atoms with Crippen molar-refractivity contribution >= 4 is 33.0 Å². The largest absolute Gasteiger partial charge is 0.381 e. The monoisotopic (exact) mass is 374 g/mol. The highest BCUT2D eigenvalue weighted by atomic mass is 32.1. The Morgan fingerprint density at radius 3 is 2.44 bits per heavy atom. The number of carbonyl (C=O) groups excluding carboxylic acids is 1. The second-order valence-corrected chi connectivity index (χ2v) is 7.12. The van der Waals surface area contributed by atoms with Gasteiger partial charge in [-0.1, -0.05) is 36.4 Å². The van der Waals surface area contributed by atoms with Crippen molar-refractivity contribution in [2.75, 3.05) is 5.32 Å². The van der Waals surface area contributed by atoms with E-state index in [-0.39, 0.29) is 0 Å². The van der Waals surface area contributed by atoms with Gasteiger partial charge in [-0.3, -0.25) is 10.0 Å². The molecule has 4 nitrogen and oxygen atoms in total. The maximum Gasteiger partial charge on any atom is 0.274 e. The molecule has 134 valence electrons. The molecule has 5 heteroatoms. The summed E-state index contributed by atoms with van der Waals surface area (Å²) in [7, 11) is 0. The Hall–Kier alpha value is -3.15. The van der Waals surface area contributed by atoms with Crippen LogP contribution in [0.25, 0.3) is 21.2 Å². The number of rotatable bonds is 5. The van der Waals surface area contributed by atoms with Crippen molar-refractivity contribution in [1.29, 1.82) is 0 Å². The summed E-state index contributed by atoms with van der Waals surface area (Å²) in [5.41, 5.74) is 6.63. The van der Waals surface area contributed by atoms with Gasteiger partial charge in [0.05, 0.1) is 0 Å². The number of amides is 1. The van der Waals surface area contributed by atoms with Crippen LogP contribution in [-0.2, 0) is 6.54 Å². The van der Waals surface area contributed by atoms with Crippen molar-refractivity contribution in [3.05, 3.63) is 89.3 Å². The summed E-state index contributed by atoms with van der Waals surface area (Å²) in [6, 6.07) is 24.0. The Morgan fingerprint density at radius 2 is 1.70 bits per heavy atom. The van der Waals surface area contributed by atoms with Gasteiger partial charge in [0.15, 0.2) is 0 Å². The average Bonchev–Trinajstić information content (AvgIpc) is 3.15. The van der Waals surface area contributed by atoms with Gasteiger partial charge in [-0.15, -0.1) is 11.3 Å². The lowest BCUT2D eigenvalue weighted by Gasteiger charge is -2.08. The van der Waals surface area contributed by atoms with Crippen LogP contribution >= 0.6 is 11.3 Å². The zero-order valence-electron chi connectivity index (χ0n) is 14.5. The van der Waals surface area contributed by atoms with E-state index < -0.39 is 5.91 Å². The summed E-state index contributed by atoms with van der Waals surface area (Å²) in [4.78, 5) is 11.4. The predicted molar refractivity (Wildman–Crippen MR) is 110 cm³/mol. The first-order valence-electron chi connectivity index (χ1n) is 8.58. The Kier molecular flexibility index (Phi) is 4.87. The SMILES string of the molecule is O=C(NO)c1ccc(NCc2csc3ccc(-c4ccccc4)cc23)cc1.